The fourth-order valence-electron chi connectivity index (χ4n) is 1.40. The zero-order chi connectivity index (χ0) is 14.0. The van der Waals surface area contributed by atoms with Crippen molar-refractivity contribution in [3.05, 3.63) is 0 Å². The van der Waals surface area contributed by atoms with Gasteiger partial charge in [-0.1, -0.05) is 0 Å². The van der Waals surface area contributed by atoms with Crippen molar-refractivity contribution in [2.45, 2.75) is 45.2 Å². The summed E-state index contributed by atoms with van der Waals surface area (Å²) in [6.07, 6.45) is 1.60. The third kappa shape index (κ3) is 8.95. The number of carbonyl (C=O) groups excluding carboxylic acids is 2. The number of hydrogen-bond donors (Lipinski definition) is 3. The highest BCUT2D eigenvalue weighted by molar-refractivity contribution is 5.82. The summed E-state index contributed by atoms with van der Waals surface area (Å²) in [5, 5.41) is 5.40. The number of hydrogen-bond acceptors (Lipinski definition) is 4. The number of nitrogens with two attached hydrogens (primary N) is 1. The van der Waals surface area contributed by atoms with Crippen LogP contribution in [-0.2, 0) is 14.3 Å². The molecule has 6 heteroatoms. The molecule has 18 heavy (non-hydrogen) atoms. The minimum absolute atomic E-state index is 0.0711. The first-order chi connectivity index (χ1) is 8.47. The van der Waals surface area contributed by atoms with Gasteiger partial charge in [-0.15, -0.1) is 0 Å². The number of methoxy groups -OCH3 is 1. The van der Waals surface area contributed by atoms with E-state index in [4.69, 9.17) is 10.5 Å². The molecule has 6 nitrogen and oxygen atoms in total. The lowest BCUT2D eigenvalue weighted by Gasteiger charge is -2.12. The van der Waals surface area contributed by atoms with Gasteiger partial charge < -0.3 is 21.1 Å². The molecule has 2 amide bonds. The second-order valence-corrected chi connectivity index (χ2v) is 4.50. The van der Waals surface area contributed by atoms with Crippen LogP contribution in [0.1, 0.15) is 33.1 Å². The lowest BCUT2D eigenvalue weighted by Crippen LogP contribution is -2.42. The summed E-state index contributed by atoms with van der Waals surface area (Å²) in [6, 6.07) is -0.419. The number of amides is 2. The quantitative estimate of drug-likeness (QED) is 0.499. The van der Waals surface area contributed by atoms with Gasteiger partial charge >= 0.3 is 0 Å². The normalized spacial score (nSPS) is 12.3. The van der Waals surface area contributed by atoms with Gasteiger partial charge in [-0.05, 0) is 26.7 Å². The number of nitrogens with one attached hydrogen (secondary N) is 2. The molecule has 0 aromatic heterocycles. The SMILES string of the molecule is COCCCC(N)C(=O)NCCC(=O)NC(C)C. The molecule has 1 atom stereocenters. The number of rotatable bonds is 9. The predicted molar refractivity (Wildman–Crippen MR) is 70.0 cm³/mol. The maximum Gasteiger partial charge on any atom is 0.236 e. The molecule has 0 heterocycles. The monoisotopic (exact) mass is 259 g/mol. The largest absolute Gasteiger partial charge is 0.385 e. The smallest absolute Gasteiger partial charge is 0.236 e. The van der Waals surface area contributed by atoms with Crippen LogP contribution in [0.2, 0.25) is 0 Å². The topological polar surface area (TPSA) is 93.4 Å². The fraction of sp³-hybridized carbons (Fsp3) is 0.833. The van der Waals surface area contributed by atoms with Gasteiger partial charge in [0, 0.05) is 32.7 Å². The van der Waals surface area contributed by atoms with Crippen molar-refractivity contribution >= 4 is 11.8 Å². The van der Waals surface area contributed by atoms with Gasteiger partial charge in [-0.2, -0.15) is 0 Å². The van der Waals surface area contributed by atoms with Crippen LogP contribution >= 0.6 is 0 Å². The van der Waals surface area contributed by atoms with Gasteiger partial charge in [0.2, 0.25) is 11.8 Å². The van der Waals surface area contributed by atoms with Gasteiger partial charge in [0.15, 0.2) is 0 Å². The molecule has 0 aliphatic rings. The lowest BCUT2D eigenvalue weighted by molar-refractivity contribution is -0.123. The van der Waals surface area contributed by atoms with Gasteiger partial charge in [-0.25, -0.2) is 0 Å². The van der Waals surface area contributed by atoms with E-state index in [1.165, 1.54) is 0 Å². The van der Waals surface area contributed by atoms with E-state index in [1.807, 2.05) is 13.8 Å². The van der Waals surface area contributed by atoms with E-state index in [-0.39, 0.29) is 24.3 Å². The fourth-order valence-corrected chi connectivity index (χ4v) is 1.40. The van der Waals surface area contributed by atoms with E-state index in [0.29, 0.717) is 19.6 Å². The molecular weight excluding hydrogens is 234 g/mol. The first-order valence-corrected chi connectivity index (χ1v) is 6.29. The van der Waals surface area contributed by atoms with Gasteiger partial charge in [0.25, 0.3) is 0 Å². The average Bonchev–Trinajstić information content (AvgIpc) is 2.28. The highest BCUT2D eigenvalue weighted by atomic mass is 16.5. The Kier molecular flexibility index (Phi) is 9.22. The molecule has 0 radical (unpaired) electrons. The van der Waals surface area contributed by atoms with Crippen LogP contribution in [0.25, 0.3) is 0 Å². The Labute approximate surface area is 109 Å². The summed E-state index contributed by atoms with van der Waals surface area (Å²) < 4.78 is 4.88. The molecule has 0 rings (SSSR count). The number of ether oxygens (including phenoxy) is 1. The molecule has 0 bridgehead atoms. The highest BCUT2D eigenvalue weighted by Gasteiger charge is 2.12. The second-order valence-electron chi connectivity index (χ2n) is 4.50. The summed E-state index contributed by atoms with van der Waals surface area (Å²) >= 11 is 0. The molecular formula is C12H25N3O3. The maximum absolute atomic E-state index is 11.5. The van der Waals surface area contributed by atoms with Crippen LogP contribution in [0.4, 0.5) is 0 Å². The molecule has 0 aliphatic heterocycles. The Balaban J connectivity index is 3.66. The molecule has 0 saturated carbocycles. The zero-order valence-electron chi connectivity index (χ0n) is 11.5. The van der Waals surface area contributed by atoms with E-state index in [0.717, 1.165) is 6.42 Å². The zero-order valence-corrected chi connectivity index (χ0v) is 11.5. The highest BCUT2D eigenvalue weighted by Crippen LogP contribution is 1.95. The van der Waals surface area contributed by atoms with E-state index in [1.54, 1.807) is 7.11 Å². The summed E-state index contributed by atoms with van der Waals surface area (Å²) in [7, 11) is 1.61. The standard InChI is InChI=1S/C12H25N3O3/c1-9(2)15-11(16)6-7-14-12(17)10(13)5-4-8-18-3/h9-10H,4-8,13H2,1-3H3,(H,14,17)(H,15,16). The summed E-state index contributed by atoms with van der Waals surface area (Å²) in [5.74, 6) is -0.290. The Morgan fingerprint density at radius 3 is 2.56 bits per heavy atom. The van der Waals surface area contributed by atoms with Gasteiger partial charge in [0.1, 0.15) is 0 Å². The second kappa shape index (κ2) is 9.85. The number of carbonyl (C=O) groups is 2. The van der Waals surface area contributed by atoms with E-state index in [2.05, 4.69) is 10.6 Å². The molecule has 0 saturated heterocycles. The minimum atomic E-state index is -0.534. The maximum atomic E-state index is 11.5. The van der Waals surface area contributed by atoms with Crippen LogP contribution < -0.4 is 16.4 Å². The molecule has 106 valence electrons. The Bertz CT molecular complexity index is 257. The van der Waals surface area contributed by atoms with Crippen molar-refractivity contribution < 1.29 is 14.3 Å². The summed E-state index contributed by atoms with van der Waals surface area (Å²) in [4.78, 5) is 22.8. The van der Waals surface area contributed by atoms with Crippen molar-refractivity contribution in [1.29, 1.82) is 0 Å². The van der Waals surface area contributed by atoms with E-state index in [9.17, 15) is 9.59 Å². The van der Waals surface area contributed by atoms with Crippen LogP contribution in [0.15, 0.2) is 0 Å². The molecule has 0 aliphatic carbocycles. The van der Waals surface area contributed by atoms with Crippen LogP contribution in [0.5, 0.6) is 0 Å². The third-order valence-electron chi connectivity index (χ3n) is 2.30. The van der Waals surface area contributed by atoms with Crippen molar-refractivity contribution in [3.8, 4) is 0 Å². The van der Waals surface area contributed by atoms with E-state index < -0.39 is 6.04 Å². The first kappa shape index (κ1) is 16.9. The molecule has 0 aromatic carbocycles. The Morgan fingerprint density at radius 1 is 1.33 bits per heavy atom. The molecule has 0 spiro atoms. The van der Waals surface area contributed by atoms with Crippen LogP contribution in [0, 0.1) is 0 Å². The Hall–Kier alpha value is -1.14. The van der Waals surface area contributed by atoms with Crippen molar-refractivity contribution in [1.82, 2.24) is 10.6 Å². The third-order valence-corrected chi connectivity index (χ3v) is 2.30. The van der Waals surface area contributed by atoms with Crippen LogP contribution in [-0.4, -0.2) is 44.2 Å². The average molecular weight is 259 g/mol. The molecule has 1 unspecified atom stereocenters. The van der Waals surface area contributed by atoms with Crippen molar-refractivity contribution in [2.24, 2.45) is 5.73 Å². The first-order valence-electron chi connectivity index (χ1n) is 6.29. The lowest BCUT2D eigenvalue weighted by atomic mass is 10.1. The van der Waals surface area contributed by atoms with Crippen LogP contribution in [0.3, 0.4) is 0 Å². The van der Waals surface area contributed by atoms with Gasteiger partial charge in [0.05, 0.1) is 6.04 Å². The minimum Gasteiger partial charge on any atom is -0.385 e. The Morgan fingerprint density at radius 2 is 2.00 bits per heavy atom. The van der Waals surface area contributed by atoms with Crippen molar-refractivity contribution in [3.63, 3.8) is 0 Å². The molecule has 0 fully saturated rings. The summed E-state index contributed by atoms with van der Waals surface area (Å²) in [6.45, 7) is 4.69. The van der Waals surface area contributed by atoms with Crippen molar-refractivity contribution in [2.75, 3.05) is 20.3 Å². The summed E-state index contributed by atoms with van der Waals surface area (Å²) in [5.41, 5.74) is 5.69. The predicted octanol–water partition coefficient (Wildman–Crippen LogP) is -0.229. The van der Waals surface area contributed by atoms with Gasteiger partial charge in [-0.3, -0.25) is 9.59 Å². The molecule has 0 aromatic rings. The molecule has 4 N–H and O–H groups in total. The van der Waals surface area contributed by atoms with E-state index >= 15 is 0 Å².